The van der Waals surface area contributed by atoms with Gasteiger partial charge in [0.15, 0.2) is 0 Å². The molecule has 0 aromatic rings. The lowest BCUT2D eigenvalue weighted by molar-refractivity contribution is -0.138. The zero-order valence-electron chi connectivity index (χ0n) is 18.7. The summed E-state index contributed by atoms with van der Waals surface area (Å²) in [7, 11) is 0. The van der Waals surface area contributed by atoms with Crippen molar-refractivity contribution in [3.05, 3.63) is 0 Å². The Balaban J connectivity index is 1.62. The molecule has 1 aliphatic heterocycles. The van der Waals surface area contributed by atoms with Crippen LogP contribution in [0.3, 0.4) is 0 Å². The molecule has 11 heteroatoms. The molecule has 2 rings (SSSR count). The zero-order valence-corrected chi connectivity index (χ0v) is 19.5. The molecule has 0 bridgehead atoms. The fourth-order valence-electron chi connectivity index (χ4n) is 3.57. The maximum atomic E-state index is 12.5. The van der Waals surface area contributed by atoms with Crippen molar-refractivity contribution in [1.29, 1.82) is 0 Å². The molecule has 0 aromatic carbocycles. The number of carbonyl (C=O) groups is 4. The van der Waals surface area contributed by atoms with Gasteiger partial charge in [-0.25, -0.2) is 0 Å². The van der Waals surface area contributed by atoms with Crippen molar-refractivity contribution in [2.24, 2.45) is 11.8 Å². The summed E-state index contributed by atoms with van der Waals surface area (Å²) in [4.78, 5) is 47.3. The molecular weight excluding hydrogens is 438 g/mol. The van der Waals surface area contributed by atoms with E-state index < -0.39 is 17.9 Å². The maximum absolute atomic E-state index is 12.5. The quantitative estimate of drug-likeness (QED) is 0.188. The van der Waals surface area contributed by atoms with E-state index in [1.54, 1.807) is 13.8 Å². The number of hydrogen-bond donors (Lipinski definition) is 5. The molecule has 32 heavy (non-hydrogen) atoms. The number of aliphatic hydroxyl groups is 1. The molecule has 1 heterocycles. The molecule has 10 nitrogen and oxygen atoms in total. The number of amides is 3. The highest BCUT2D eigenvalue weighted by atomic mass is 32.2. The molecule has 1 saturated carbocycles. The fourth-order valence-corrected chi connectivity index (χ4v) is 4.36. The van der Waals surface area contributed by atoms with Gasteiger partial charge in [0.25, 0.3) is 0 Å². The highest BCUT2D eigenvalue weighted by Gasteiger charge is 2.46. The van der Waals surface area contributed by atoms with Gasteiger partial charge in [-0.2, -0.15) is 0 Å². The molecule has 0 aromatic heterocycles. The summed E-state index contributed by atoms with van der Waals surface area (Å²) in [5.41, 5.74) is 0. The number of aliphatic hydroxyl groups excluding tert-OH is 1. The van der Waals surface area contributed by atoms with Crippen LogP contribution in [-0.2, 0) is 23.9 Å². The summed E-state index contributed by atoms with van der Waals surface area (Å²) < 4.78 is 5.09. The van der Waals surface area contributed by atoms with Crippen molar-refractivity contribution < 1.29 is 34.1 Å². The topological polar surface area (TPSA) is 154 Å². The van der Waals surface area contributed by atoms with Crippen molar-refractivity contribution in [1.82, 2.24) is 16.0 Å². The van der Waals surface area contributed by atoms with Gasteiger partial charge >= 0.3 is 5.97 Å². The van der Waals surface area contributed by atoms with Gasteiger partial charge in [-0.05, 0) is 38.5 Å². The van der Waals surface area contributed by atoms with Crippen LogP contribution < -0.4 is 16.0 Å². The maximum Gasteiger partial charge on any atom is 0.305 e. The summed E-state index contributed by atoms with van der Waals surface area (Å²) in [6.45, 7) is 3.81. The van der Waals surface area contributed by atoms with Crippen LogP contribution in [0, 0.1) is 11.8 Å². The Bertz CT molecular complexity index is 670. The molecule has 4 atom stereocenters. The van der Waals surface area contributed by atoms with E-state index in [0.717, 1.165) is 25.7 Å². The molecule has 1 saturated heterocycles. The predicted octanol–water partition coefficient (Wildman–Crippen LogP) is 0.234. The van der Waals surface area contributed by atoms with Crippen molar-refractivity contribution in [3.63, 3.8) is 0 Å². The van der Waals surface area contributed by atoms with E-state index in [0.29, 0.717) is 5.92 Å². The normalized spacial score (nSPS) is 26.5. The van der Waals surface area contributed by atoms with Crippen LogP contribution in [0.5, 0.6) is 0 Å². The van der Waals surface area contributed by atoms with Crippen LogP contribution >= 0.6 is 11.8 Å². The van der Waals surface area contributed by atoms with Crippen LogP contribution in [0.2, 0.25) is 0 Å². The number of rotatable bonds is 13. The molecule has 1 aliphatic carbocycles. The van der Waals surface area contributed by atoms with E-state index in [9.17, 15) is 24.3 Å². The zero-order chi connectivity index (χ0) is 23.7. The lowest BCUT2D eigenvalue weighted by Gasteiger charge is -2.27. The van der Waals surface area contributed by atoms with Gasteiger partial charge in [0.1, 0.15) is 5.25 Å². The lowest BCUT2D eigenvalue weighted by atomic mass is 9.86. The van der Waals surface area contributed by atoms with E-state index in [1.807, 2.05) is 0 Å². The number of thioether (sulfide) groups is 1. The van der Waals surface area contributed by atoms with Gasteiger partial charge in [-0.15, -0.1) is 11.8 Å². The Hall–Kier alpha value is -1.85. The number of carboxylic acids is 1. The SMILES string of the molecule is CC(NC(=O)CCOCCC(=O)O)C(C)C(=O)NC1SC1C(=O)NC1CCC(CO)CC1. The van der Waals surface area contributed by atoms with E-state index in [-0.39, 0.29) is 67.0 Å². The second kappa shape index (κ2) is 13.0. The Morgan fingerprint density at radius 2 is 1.69 bits per heavy atom. The first kappa shape index (κ1) is 26.4. The summed E-state index contributed by atoms with van der Waals surface area (Å²) in [6, 6.07) is -0.274. The van der Waals surface area contributed by atoms with E-state index in [1.165, 1.54) is 11.8 Å². The number of hydrogen-bond acceptors (Lipinski definition) is 7. The Labute approximate surface area is 192 Å². The second-order valence-electron chi connectivity index (χ2n) is 8.55. The summed E-state index contributed by atoms with van der Waals surface area (Å²) in [5, 5.41) is 25.8. The Morgan fingerprint density at radius 3 is 2.31 bits per heavy atom. The van der Waals surface area contributed by atoms with Crippen molar-refractivity contribution in [2.75, 3.05) is 19.8 Å². The van der Waals surface area contributed by atoms with Crippen molar-refractivity contribution >= 4 is 35.5 Å². The molecule has 0 radical (unpaired) electrons. The average molecular weight is 474 g/mol. The lowest BCUT2D eigenvalue weighted by Crippen LogP contribution is -2.46. The summed E-state index contributed by atoms with van der Waals surface area (Å²) >= 11 is 1.40. The van der Waals surface area contributed by atoms with E-state index in [2.05, 4.69) is 16.0 Å². The van der Waals surface area contributed by atoms with Gasteiger partial charge in [-0.1, -0.05) is 6.92 Å². The number of nitrogens with one attached hydrogen (secondary N) is 3. The number of carbonyl (C=O) groups excluding carboxylic acids is 3. The van der Waals surface area contributed by atoms with Gasteiger partial charge in [-0.3, -0.25) is 19.2 Å². The molecule has 5 N–H and O–H groups in total. The van der Waals surface area contributed by atoms with Crippen LogP contribution in [0.4, 0.5) is 0 Å². The fraction of sp³-hybridized carbons (Fsp3) is 0.810. The number of carboxylic acid groups (broad SMARTS) is 1. The van der Waals surface area contributed by atoms with Crippen molar-refractivity contribution in [2.45, 2.75) is 75.1 Å². The van der Waals surface area contributed by atoms with E-state index >= 15 is 0 Å². The minimum Gasteiger partial charge on any atom is -0.481 e. The predicted molar refractivity (Wildman–Crippen MR) is 119 cm³/mol. The molecule has 2 fully saturated rings. The average Bonchev–Trinajstić information content (AvgIpc) is 3.52. The monoisotopic (exact) mass is 473 g/mol. The molecule has 2 aliphatic rings. The highest BCUT2D eigenvalue weighted by Crippen LogP contribution is 2.40. The molecule has 182 valence electrons. The number of ether oxygens (including phenoxy) is 1. The smallest absolute Gasteiger partial charge is 0.305 e. The molecule has 4 unspecified atom stereocenters. The Kier molecular flexibility index (Phi) is 10.7. The standard InChI is InChI=1S/C21H35N3O7S/c1-12(13(2)22-16(26)7-9-31-10-8-17(27)28)19(29)24-21-18(32-21)20(30)23-15-5-3-14(11-25)4-6-15/h12-15,18,21,25H,3-11H2,1-2H3,(H,22,26)(H,23,30)(H,24,29)(H,27,28). The minimum absolute atomic E-state index is 0.0503. The Morgan fingerprint density at radius 1 is 1.03 bits per heavy atom. The van der Waals surface area contributed by atoms with Crippen LogP contribution in [0.15, 0.2) is 0 Å². The van der Waals surface area contributed by atoms with Crippen molar-refractivity contribution in [3.8, 4) is 0 Å². The first-order chi connectivity index (χ1) is 15.2. The molecule has 3 amide bonds. The van der Waals surface area contributed by atoms with Gasteiger partial charge < -0.3 is 30.9 Å². The first-order valence-corrected chi connectivity index (χ1v) is 12.1. The molecule has 0 spiro atoms. The third-order valence-corrected chi connectivity index (χ3v) is 7.12. The second-order valence-corrected chi connectivity index (χ2v) is 9.83. The number of aliphatic carboxylic acids is 1. The third-order valence-electron chi connectivity index (χ3n) is 5.97. The highest BCUT2D eigenvalue weighted by molar-refractivity contribution is 8.08. The van der Waals surface area contributed by atoms with Crippen LogP contribution in [-0.4, -0.2) is 76.4 Å². The minimum atomic E-state index is -0.957. The van der Waals surface area contributed by atoms with Gasteiger partial charge in [0.2, 0.25) is 17.7 Å². The van der Waals surface area contributed by atoms with Gasteiger partial charge in [0.05, 0.1) is 30.9 Å². The largest absolute Gasteiger partial charge is 0.481 e. The van der Waals surface area contributed by atoms with Gasteiger partial charge in [0, 0.05) is 25.1 Å². The summed E-state index contributed by atoms with van der Waals surface area (Å²) in [5.74, 6) is -1.68. The third kappa shape index (κ3) is 8.95. The van der Waals surface area contributed by atoms with Crippen LogP contribution in [0.25, 0.3) is 0 Å². The van der Waals surface area contributed by atoms with Crippen LogP contribution in [0.1, 0.15) is 52.4 Å². The van der Waals surface area contributed by atoms with E-state index in [4.69, 9.17) is 9.84 Å². The summed E-state index contributed by atoms with van der Waals surface area (Å²) in [6.07, 6.45) is 3.52. The first-order valence-electron chi connectivity index (χ1n) is 11.2. The molecular formula is C21H35N3O7S.